The number of rotatable bonds is 5. The van der Waals surface area contributed by atoms with Gasteiger partial charge in [-0.05, 0) is 26.0 Å². The van der Waals surface area contributed by atoms with E-state index in [0.717, 1.165) is 55.6 Å². The monoisotopic (exact) mass is 355 g/mol. The van der Waals surface area contributed by atoms with Crippen molar-refractivity contribution in [1.82, 2.24) is 29.3 Å². The van der Waals surface area contributed by atoms with Gasteiger partial charge >= 0.3 is 0 Å². The SMILES string of the molecule is Cc1nn(CCO)c(C)c1CN1CCN(c2ccc3nccn3n2)CC1. The van der Waals surface area contributed by atoms with Gasteiger partial charge in [0.2, 0.25) is 0 Å². The van der Waals surface area contributed by atoms with Crippen LogP contribution in [0.4, 0.5) is 5.82 Å². The van der Waals surface area contributed by atoms with E-state index in [0.29, 0.717) is 6.54 Å². The van der Waals surface area contributed by atoms with Crippen LogP contribution in [0.25, 0.3) is 5.65 Å². The van der Waals surface area contributed by atoms with E-state index in [1.54, 1.807) is 6.20 Å². The Kier molecular flexibility index (Phi) is 4.60. The van der Waals surface area contributed by atoms with Crippen LogP contribution in [0.1, 0.15) is 17.0 Å². The van der Waals surface area contributed by atoms with E-state index in [-0.39, 0.29) is 6.61 Å². The lowest BCUT2D eigenvalue weighted by molar-refractivity contribution is 0.247. The third-order valence-electron chi connectivity index (χ3n) is 5.16. The maximum Gasteiger partial charge on any atom is 0.153 e. The van der Waals surface area contributed by atoms with Crippen LogP contribution in [-0.4, -0.2) is 67.2 Å². The van der Waals surface area contributed by atoms with Crippen LogP contribution in [0.2, 0.25) is 0 Å². The van der Waals surface area contributed by atoms with E-state index in [1.807, 2.05) is 27.5 Å². The largest absolute Gasteiger partial charge is 0.394 e. The molecule has 1 fully saturated rings. The molecule has 0 atom stereocenters. The third-order valence-corrected chi connectivity index (χ3v) is 5.16. The zero-order valence-corrected chi connectivity index (χ0v) is 15.3. The van der Waals surface area contributed by atoms with Gasteiger partial charge in [0.05, 0.1) is 18.8 Å². The van der Waals surface area contributed by atoms with Crippen LogP contribution >= 0.6 is 0 Å². The van der Waals surface area contributed by atoms with Crippen LogP contribution in [0.5, 0.6) is 0 Å². The highest BCUT2D eigenvalue weighted by atomic mass is 16.3. The minimum atomic E-state index is 0.119. The molecule has 3 aromatic heterocycles. The van der Waals surface area contributed by atoms with E-state index in [1.165, 1.54) is 5.56 Å². The number of imidazole rings is 1. The summed E-state index contributed by atoms with van der Waals surface area (Å²) >= 11 is 0. The Hall–Kier alpha value is -2.45. The van der Waals surface area contributed by atoms with Crippen LogP contribution in [0.3, 0.4) is 0 Å². The fourth-order valence-electron chi connectivity index (χ4n) is 3.61. The number of aromatic nitrogens is 5. The molecule has 8 nitrogen and oxygen atoms in total. The number of aliphatic hydroxyl groups is 1. The van der Waals surface area contributed by atoms with Crippen molar-refractivity contribution < 1.29 is 5.11 Å². The van der Waals surface area contributed by atoms with Crippen LogP contribution in [-0.2, 0) is 13.1 Å². The number of hydrogen-bond donors (Lipinski definition) is 1. The summed E-state index contributed by atoms with van der Waals surface area (Å²) in [7, 11) is 0. The van der Waals surface area contributed by atoms with Gasteiger partial charge in [0.25, 0.3) is 0 Å². The standard InChI is InChI=1S/C18H25N7O/c1-14-16(15(2)24(20-14)11-12-26)13-22-7-9-23(10-8-22)18-4-3-17-19-5-6-25(17)21-18/h3-6,26H,7-13H2,1-2H3. The smallest absolute Gasteiger partial charge is 0.153 e. The Labute approximate surface area is 152 Å². The number of aliphatic hydroxyl groups excluding tert-OH is 1. The Morgan fingerprint density at radius 1 is 1.08 bits per heavy atom. The van der Waals surface area contributed by atoms with Gasteiger partial charge in [0.15, 0.2) is 5.65 Å². The Morgan fingerprint density at radius 2 is 1.88 bits per heavy atom. The van der Waals surface area contributed by atoms with Crippen molar-refractivity contribution in [3.8, 4) is 0 Å². The fourth-order valence-corrected chi connectivity index (χ4v) is 3.61. The van der Waals surface area contributed by atoms with Gasteiger partial charge in [-0.2, -0.15) is 5.10 Å². The maximum atomic E-state index is 9.17. The zero-order chi connectivity index (χ0) is 18.1. The molecule has 1 aliphatic heterocycles. The molecule has 3 aromatic rings. The van der Waals surface area contributed by atoms with Gasteiger partial charge in [0, 0.05) is 56.4 Å². The molecular formula is C18H25N7O. The van der Waals surface area contributed by atoms with Crippen molar-refractivity contribution >= 4 is 11.5 Å². The molecule has 0 amide bonds. The third kappa shape index (κ3) is 3.17. The Morgan fingerprint density at radius 3 is 2.65 bits per heavy atom. The molecule has 0 aliphatic carbocycles. The number of nitrogens with zero attached hydrogens (tertiary/aromatic N) is 7. The first-order valence-corrected chi connectivity index (χ1v) is 9.07. The number of anilines is 1. The number of fused-ring (bicyclic) bond motifs is 1. The number of aryl methyl sites for hydroxylation is 1. The molecule has 0 bridgehead atoms. The summed E-state index contributed by atoms with van der Waals surface area (Å²) in [6.07, 6.45) is 3.65. The van der Waals surface area contributed by atoms with Gasteiger partial charge in [-0.3, -0.25) is 9.58 Å². The molecule has 0 aromatic carbocycles. The zero-order valence-electron chi connectivity index (χ0n) is 15.3. The molecule has 1 saturated heterocycles. The van der Waals surface area contributed by atoms with Crippen molar-refractivity contribution in [3.63, 3.8) is 0 Å². The molecule has 4 rings (SSSR count). The quantitative estimate of drug-likeness (QED) is 0.732. The Bertz CT molecular complexity index is 892. The van der Waals surface area contributed by atoms with E-state index >= 15 is 0 Å². The van der Waals surface area contributed by atoms with E-state index in [9.17, 15) is 0 Å². The average molecular weight is 355 g/mol. The van der Waals surface area contributed by atoms with Crippen LogP contribution < -0.4 is 4.90 Å². The fraction of sp³-hybridized carbons (Fsp3) is 0.500. The number of hydrogen-bond acceptors (Lipinski definition) is 6. The second-order valence-corrected chi connectivity index (χ2v) is 6.78. The molecule has 0 saturated carbocycles. The maximum absolute atomic E-state index is 9.17. The van der Waals surface area contributed by atoms with Crippen molar-refractivity contribution in [2.45, 2.75) is 26.9 Å². The van der Waals surface area contributed by atoms with Crippen molar-refractivity contribution in [2.24, 2.45) is 0 Å². The topological polar surface area (TPSA) is 74.7 Å². The minimum Gasteiger partial charge on any atom is -0.394 e. The summed E-state index contributed by atoms with van der Waals surface area (Å²) in [5, 5.41) is 18.4. The second-order valence-electron chi connectivity index (χ2n) is 6.78. The number of piperazine rings is 1. The first-order valence-electron chi connectivity index (χ1n) is 9.07. The highest BCUT2D eigenvalue weighted by Crippen LogP contribution is 2.19. The predicted octanol–water partition coefficient (Wildman–Crippen LogP) is 0.857. The lowest BCUT2D eigenvalue weighted by atomic mass is 10.1. The lowest BCUT2D eigenvalue weighted by Gasteiger charge is -2.35. The van der Waals surface area contributed by atoms with Gasteiger partial charge in [-0.25, -0.2) is 9.50 Å². The lowest BCUT2D eigenvalue weighted by Crippen LogP contribution is -2.46. The molecule has 8 heteroatoms. The average Bonchev–Trinajstić information content (AvgIpc) is 3.22. The van der Waals surface area contributed by atoms with Crippen molar-refractivity contribution in [2.75, 3.05) is 37.7 Å². The summed E-state index contributed by atoms with van der Waals surface area (Å²) in [5.41, 5.74) is 4.37. The van der Waals surface area contributed by atoms with E-state index < -0.39 is 0 Å². The first kappa shape index (κ1) is 17.0. The Balaban J connectivity index is 1.40. The molecule has 0 spiro atoms. The molecule has 1 aliphatic rings. The normalized spacial score (nSPS) is 15.9. The highest BCUT2D eigenvalue weighted by Gasteiger charge is 2.21. The van der Waals surface area contributed by atoms with Crippen molar-refractivity contribution in [3.05, 3.63) is 41.5 Å². The minimum absolute atomic E-state index is 0.119. The summed E-state index contributed by atoms with van der Waals surface area (Å²) < 4.78 is 3.73. The van der Waals surface area contributed by atoms with Gasteiger partial charge < -0.3 is 10.0 Å². The molecule has 138 valence electrons. The van der Waals surface area contributed by atoms with E-state index in [4.69, 9.17) is 5.11 Å². The summed E-state index contributed by atoms with van der Waals surface area (Å²) in [6.45, 7) is 9.62. The highest BCUT2D eigenvalue weighted by molar-refractivity contribution is 5.46. The summed E-state index contributed by atoms with van der Waals surface area (Å²) in [4.78, 5) is 9.03. The molecule has 4 heterocycles. The molecular weight excluding hydrogens is 330 g/mol. The second kappa shape index (κ2) is 7.05. The summed E-state index contributed by atoms with van der Waals surface area (Å²) in [5.74, 6) is 0.998. The first-order chi connectivity index (χ1) is 12.7. The van der Waals surface area contributed by atoms with Gasteiger partial charge in [0.1, 0.15) is 5.82 Å². The van der Waals surface area contributed by atoms with Gasteiger partial charge in [-0.15, -0.1) is 5.10 Å². The summed E-state index contributed by atoms with van der Waals surface area (Å²) in [6, 6.07) is 4.06. The predicted molar refractivity (Wildman–Crippen MR) is 99.3 cm³/mol. The molecule has 26 heavy (non-hydrogen) atoms. The molecule has 1 N–H and O–H groups in total. The van der Waals surface area contributed by atoms with Crippen LogP contribution in [0.15, 0.2) is 24.5 Å². The van der Waals surface area contributed by atoms with Gasteiger partial charge in [-0.1, -0.05) is 0 Å². The van der Waals surface area contributed by atoms with Crippen LogP contribution in [0, 0.1) is 13.8 Å². The molecule has 0 unspecified atom stereocenters. The molecule has 0 radical (unpaired) electrons. The van der Waals surface area contributed by atoms with E-state index in [2.05, 4.69) is 38.8 Å². The van der Waals surface area contributed by atoms with Crippen molar-refractivity contribution in [1.29, 1.82) is 0 Å².